The Morgan fingerprint density at radius 3 is 2.74 bits per heavy atom. The van der Waals surface area contributed by atoms with Gasteiger partial charge in [0.05, 0.1) is 24.2 Å². The van der Waals surface area contributed by atoms with Crippen LogP contribution in [0.1, 0.15) is 18.1 Å². The van der Waals surface area contributed by atoms with Gasteiger partial charge in [0, 0.05) is 25.6 Å². The lowest BCUT2D eigenvalue weighted by molar-refractivity contribution is -0.129. The van der Waals surface area contributed by atoms with Crippen LogP contribution in [0.4, 0.5) is 0 Å². The van der Waals surface area contributed by atoms with Gasteiger partial charge in [0.1, 0.15) is 6.61 Å². The van der Waals surface area contributed by atoms with Crippen molar-refractivity contribution in [3.05, 3.63) is 21.7 Å². The molecule has 6 nitrogen and oxygen atoms in total. The molecule has 0 radical (unpaired) electrons. The van der Waals surface area contributed by atoms with Crippen LogP contribution in [-0.2, 0) is 20.9 Å². The van der Waals surface area contributed by atoms with Crippen molar-refractivity contribution in [2.45, 2.75) is 26.2 Å². The van der Waals surface area contributed by atoms with Crippen molar-refractivity contribution < 1.29 is 23.7 Å². The third-order valence-corrected chi connectivity index (χ3v) is 4.69. The van der Waals surface area contributed by atoms with Crippen LogP contribution in [0, 0.1) is 6.92 Å². The minimum absolute atomic E-state index is 0.213. The fourth-order valence-electron chi connectivity index (χ4n) is 2.93. The van der Waals surface area contributed by atoms with E-state index in [4.69, 9.17) is 18.9 Å². The lowest BCUT2D eigenvalue weighted by Gasteiger charge is -2.33. The van der Waals surface area contributed by atoms with Crippen molar-refractivity contribution in [3.8, 4) is 11.5 Å². The van der Waals surface area contributed by atoms with E-state index in [0.29, 0.717) is 24.5 Å². The van der Waals surface area contributed by atoms with Crippen LogP contribution >= 0.6 is 15.9 Å². The molecule has 23 heavy (non-hydrogen) atoms. The quantitative estimate of drug-likeness (QED) is 0.724. The number of rotatable bonds is 5. The zero-order valence-corrected chi connectivity index (χ0v) is 14.8. The molecule has 0 N–H and O–H groups in total. The van der Waals surface area contributed by atoms with Gasteiger partial charge in [0.15, 0.2) is 11.5 Å². The fourth-order valence-corrected chi connectivity index (χ4v) is 3.46. The van der Waals surface area contributed by atoms with Crippen LogP contribution in [0.2, 0.25) is 0 Å². The molecular weight excluding hydrogens is 366 g/mol. The lowest BCUT2D eigenvalue weighted by Crippen LogP contribution is -2.50. The molecule has 2 aliphatic heterocycles. The Morgan fingerprint density at radius 2 is 2.04 bits per heavy atom. The van der Waals surface area contributed by atoms with Crippen molar-refractivity contribution in [3.63, 3.8) is 0 Å². The van der Waals surface area contributed by atoms with Crippen molar-refractivity contribution in [1.29, 1.82) is 0 Å². The van der Waals surface area contributed by atoms with E-state index in [1.165, 1.54) is 0 Å². The number of hydrogen-bond donors (Lipinski definition) is 0. The summed E-state index contributed by atoms with van der Waals surface area (Å²) in [6, 6.07) is 1.90. The summed E-state index contributed by atoms with van der Waals surface area (Å²) in [5, 5.41) is 0. The summed E-state index contributed by atoms with van der Waals surface area (Å²) in [5.74, 6) is 0.671. The molecule has 1 aromatic carbocycles. The van der Waals surface area contributed by atoms with E-state index in [9.17, 15) is 4.79 Å². The van der Waals surface area contributed by atoms with Gasteiger partial charge >= 0.3 is 0 Å². The Morgan fingerprint density at radius 1 is 1.35 bits per heavy atom. The molecule has 0 aromatic heterocycles. The minimum Gasteiger partial charge on any atom is -0.463 e. The Hall–Kier alpha value is -1.31. The van der Waals surface area contributed by atoms with Gasteiger partial charge in [-0.2, -0.15) is 0 Å². The van der Waals surface area contributed by atoms with Gasteiger partial charge in [-0.15, -0.1) is 0 Å². The highest BCUT2D eigenvalue weighted by molar-refractivity contribution is 9.10. The molecule has 3 rings (SSSR count). The van der Waals surface area contributed by atoms with Crippen LogP contribution in [0.3, 0.4) is 0 Å². The number of carbonyl (C=O) groups excluding carboxylic acids is 1. The molecule has 1 saturated heterocycles. The summed E-state index contributed by atoms with van der Waals surface area (Å²) in [6.07, 6.45) is 0. The van der Waals surface area contributed by atoms with E-state index in [-0.39, 0.29) is 6.61 Å². The highest BCUT2D eigenvalue weighted by atomic mass is 79.9. The molecule has 0 aliphatic carbocycles. The average molecular weight is 386 g/mol. The van der Waals surface area contributed by atoms with Crippen molar-refractivity contribution in [1.82, 2.24) is 4.90 Å². The summed E-state index contributed by atoms with van der Waals surface area (Å²) < 4.78 is 23.3. The van der Waals surface area contributed by atoms with Gasteiger partial charge in [-0.3, -0.25) is 9.69 Å². The maximum atomic E-state index is 10.4. The third-order valence-electron chi connectivity index (χ3n) is 4.10. The number of halogens is 1. The van der Waals surface area contributed by atoms with Crippen molar-refractivity contribution >= 4 is 22.4 Å². The number of nitrogens with zero attached hydrogens (tertiary/aromatic N) is 1. The highest BCUT2D eigenvalue weighted by Gasteiger charge is 2.41. The standard InChI is InChI=1S/C16H20BrNO5/c1-11-12(8-21-10-19)7-13(17)15-14(11)22-16(2,23-15)9-18-3-5-20-6-4-18/h7,10H,3-6,8-9H2,1-2H3. The monoisotopic (exact) mass is 385 g/mol. The first kappa shape index (κ1) is 16.5. The summed E-state index contributed by atoms with van der Waals surface area (Å²) >= 11 is 3.52. The van der Waals surface area contributed by atoms with Gasteiger partial charge in [0.2, 0.25) is 0 Å². The highest BCUT2D eigenvalue weighted by Crippen LogP contribution is 2.48. The second-order valence-corrected chi connectivity index (χ2v) is 6.79. The first-order chi connectivity index (χ1) is 11.0. The van der Waals surface area contributed by atoms with E-state index in [0.717, 1.165) is 41.9 Å². The number of benzene rings is 1. The van der Waals surface area contributed by atoms with Crippen LogP contribution in [-0.4, -0.2) is 50.0 Å². The Balaban J connectivity index is 1.80. The molecule has 126 valence electrons. The van der Waals surface area contributed by atoms with Gasteiger partial charge in [-0.05, 0) is 34.5 Å². The topological polar surface area (TPSA) is 57.2 Å². The Bertz CT molecular complexity index is 603. The molecule has 7 heteroatoms. The van der Waals surface area contributed by atoms with Crippen molar-refractivity contribution in [2.24, 2.45) is 0 Å². The first-order valence-corrected chi connectivity index (χ1v) is 8.37. The van der Waals surface area contributed by atoms with Crippen LogP contribution in [0.15, 0.2) is 10.5 Å². The second kappa shape index (κ2) is 6.67. The number of hydrogen-bond acceptors (Lipinski definition) is 6. The van der Waals surface area contributed by atoms with E-state index in [1.54, 1.807) is 0 Å². The fraction of sp³-hybridized carbons (Fsp3) is 0.562. The van der Waals surface area contributed by atoms with Crippen LogP contribution in [0.25, 0.3) is 0 Å². The molecular formula is C16H20BrNO5. The number of carbonyl (C=O) groups is 1. The molecule has 0 saturated carbocycles. The Kier molecular flexibility index (Phi) is 4.79. The SMILES string of the molecule is Cc1c(COC=O)cc(Br)c2c1OC(C)(CN1CCOCC1)O2. The molecule has 1 aromatic rings. The molecule has 2 heterocycles. The zero-order chi connectivity index (χ0) is 16.4. The van der Waals surface area contributed by atoms with E-state index in [1.807, 2.05) is 19.9 Å². The molecule has 1 atom stereocenters. The Labute approximate surface area is 143 Å². The zero-order valence-electron chi connectivity index (χ0n) is 13.3. The summed E-state index contributed by atoms with van der Waals surface area (Å²) in [7, 11) is 0. The maximum Gasteiger partial charge on any atom is 0.293 e. The predicted molar refractivity (Wildman–Crippen MR) is 86.7 cm³/mol. The van der Waals surface area contributed by atoms with Gasteiger partial charge < -0.3 is 18.9 Å². The summed E-state index contributed by atoms with van der Waals surface area (Å²) in [5.41, 5.74) is 1.82. The number of ether oxygens (including phenoxy) is 4. The normalized spacial score (nSPS) is 23.8. The summed E-state index contributed by atoms with van der Waals surface area (Å²) in [6.45, 7) is 8.42. The lowest BCUT2D eigenvalue weighted by atomic mass is 10.1. The molecule has 1 fully saturated rings. The molecule has 1 unspecified atom stereocenters. The molecule has 0 amide bonds. The van der Waals surface area contributed by atoms with Gasteiger partial charge in [-0.1, -0.05) is 0 Å². The predicted octanol–water partition coefficient (Wildman–Crippen LogP) is 2.25. The largest absolute Gasteiger partial charge is 0.463 e. The van der Waals surface area contributed by atoms with Crippen LogP contribution in [0.5, 0.6) is 11.5 Å². The number of fused-ring (bicyclic) bond motifs is 1. The van der Waals surface area contributed by atoms with Crippen LogP contribution < -0.4 is 9.47 Å². The third kappa shape index (κ3) is 3.46. The first-order valence-electron chi connectivity index (χ1n) is 7.58. The molecule has 2 aliphatic rings. The van der Waals surface area contributed by atoms with Gasteiger partial charge in [-0.25, -0.2) is 0 Å². The van der Waals surface area contributed by atoms with Crippen molar-refractivity contribution in [2.75, 3.05) is 32.8 Å². The second-order valence-electron chi connectivity index (χ2n) is 5.93. The molecule has 0 bridgehead atoms. The molecule has 0 spiro atoms. The van der Waals surface area contributed by atoms with E-state index >= 15 is 0 Å². The number of morpholine rings is 1. The maximum absolute atomic E-state index is 10.4. The van der Waals surface area contributed by atoms with E-state index in [2.05, 4.69) is 20.8 Å². The van der Waals surface area contributed by atoms with Gasteiger partial charge in [0.25, 0.3) is 12.3 Å². The average Bonchev–Trinajstić information content (AvgIpc) is 2.89. The smallest absolute Gasteiger partial charge is 0.293 e. The van der Waals surface area contributed by atoms with E-state index < -0.39 is 5.79 Å². The summed E-state index contributed by atoms with van der Waals surface area (Å²) in [4.78, 5) is 12.7. The minimum atomic E-state index is -0.739.